The number of methoxy groups -OCH3 is 1. The van der Waals surface area contributed by atoms with Crippen molar-refractivity contribution in [3.63, 3.8) is 0 Å². The molecule has 0 aromatic rings. The van der Waals surface area contributed by atoms with Gasteiger partial charge in [0.1, 0.15) is 0 Å². The number of nitrogens with zero attached hydrogens (tertiary/aromatic N) is 1. The van der Waals surface area contributed by atoms with Crippen molar-refractivity contribution >= 4 is 5.97 Å². The van der Waals surface area contributed by atoms with Crippen molar-refractivity contribution in [3.05, 3.63) is 10.1 Å². The SMILES string of the molecule is C.C.C.C.C.C.C.C.C.C.C.C.CNCCC(=O)OC.CNCCNC.CNCC[N+](=O)[O-]. The Morgan fingerprint density at radius 3 is 1.06 bits per heavy atom. The van der Waals surface area contributed by atoms with Gasteiger partial charge in [-0.15, -0.1) is 0 Å². The largest absolute Gasteiger partial charge is 0.469 e. The summed E-state index contributed by atoms with van der Waals surface area (Å²) in [5.74, 6) is -0.167. The van der Waals surface area contributed by atoms with Crippen LogP contribution in [-0.2, 0) is 9.53 Å². The number of esters is 1. The first-order chi connectivity index (χ1) is 9.99. The second-order valence-corrected chi connectivity index (χ2v) is 3.80. The van der Waals surface area contributed by atoms with Crippen LogP contribution in [0, 0.1) is 10.1 Å². The van der Waals surface area contributed by atoms with Gasteiger partial charge in [0.2, 0.25) is 6.54 Å². The normalized spacial score (nSPS) is 5.61. The lowest BCUT2D eigenvalue weighted by Gasteiger charge is -1.95. The highest BCUT2D eigenvalue weighted by molar-refractivity contribution is 5.69. The molecule has 0 atom stereocenters. The molecule has 0 radical (unpaired) electrons. The molecule has 0 unspecified atom stereocenters. The maximum Gasteiger partial charge on any atom is 0.306 e. The summed E-state index contributed by atoms with van der Waals surface area (Å²) < 4.78 is 4.37. The van der Waals surface area contributed by atoms with Gasteiger partial charge in [-0.3, -0.25) is 14.9 Å². The molecule has 0 saturated heterocycles. The smallest absolute Gasteiger partial charge is 0.306 e. The third-order valence-electron chi connectivity index (χ3n) is 1.98. The van der Waals surface area contributed by atoms with Crippen LogP contribution in [0.25, 0.3) is 0 Å². The Balaban J connectivity index is -0.00000000964. The van der Waals surface area contributed by atoms with Crippen molar-refractivity contribution in [1.29, 1.82) is 0 Å². The molecule has 0 rings (SSSR count). The molecule has 0 bridgehead atoms. The molecule has 0 aromatic carbocycles. The first-order valence-electron chi connectivity index (χ1n) is 6.77. The lowest BCUT2D eigenvalue weighted by Crippen LogP contribution is -2.21. The Labute approximate surface area is 215 Å². The standard InChI is InChI=1S/C5H11NO2.C4H12N2.C3H8N2O2.12CH4/c1-6-4-3-5(7)8-2;1-5-3-4-6-2;1-4-2-3-5(6)7;;;;;;;;;;;;/h6H,3-4H2,1-2H3;5-6H,3-4H2,1-2H3;4H,2-3H2,1H3;12*1H4. The number of likely N-dealkylation sites (N-methyl/N-ethyl adjacent to an activating group) is 3. The van der Waals surface area contributed by atoms with Crippen LogP contribution in [0.4, 0.5) is 0 Å². The van der Waals surface area contributed by atoms with E-state index in [-0.39, 0.29) is 107 Å². The van der Waals surface area contributed by atoms with Crippen LogP contribution in [0.5, 0.6) is 0 Å². The van der Waals surface area contributed by atoms with E-state index in [0.717, 1.165) is 13.1 Å². The highest BCUT2D eigenvalue weighted by atomic mass is 16.6. The van der Waals surface area contributed by atoms with Crippen molar-refractivity contribution in [2.75, 3.05) is 68.0 Å². The summed E-state index contributed by atoms with van der Waals surface area (Å²) in [6, 6.07) is 0. The summed E-state index contributed by atoms with van der Waals surface area (Å²) in [5, 5.41) is 21.0. The second-order valence-electron chi connectivity index (χ2n) is 3.80. The third kappa shape index (κ3) is 185. The van der Waals surface area contributed by atoms with Crippen molar-refractivity contribution in [2.24, 2.45) is 0 Å². The number of hydrogen-bond acceptors (Lipinski definition) is 8. The van der Waals surface area contributed by atoms with Gasteiger partial charge < -0.3 is 26.0 Å². The van der Waals surface area contributed by atoms with Crippen LogP contribution < -0.4 is 21.3 Å². The Hall–Kier alpha value is -1.29. The third-order valence-corrected chi connectivity index (χ3v) is 1.98. The van der Waals surface area contributed by atoms with Crippen molar-refractivity contribution in [1.82, 2.24) is 21.3 Å². The van der Waals surface area contributed by atoms with Crippen LogP contribution in [0.2, 0.25) is 0 Å². The first kappa shape index (κ1) is 107. The van der Waals surface area contributed by atoms with E-state index in [1.807, 2.05) is 14.1 Å². The molecule has 0 heterocycles. The number of hydrogen-bond donors (Lipinski definition) is 4. The van der Waals surface area contributed by atoms with E-state index in [4.69, 9.17) is 0 Å². The summed E-state index contributed by atoms with van der Waals surface area (Å²) in [4.78, 5) is 19.5. The van der Waals surface area contributed by atoms with Gasteiger partial charge in [-0.2, -0.15) is 0 Å². The monoisotopic (exact) mass is 502 g/mol. The lowest BCUT2D eigenvalue weighted by atomic mass is 10.4. The zero-order valence-electron chi connectivity index (χ0n) is 13.8. The molecule has 0 saturated carbocycles. The van der Waals surface area contributed by atoms with Gasteiger partial charge in [-0.25, -0.2) is 0 Å². The molecule has 9 heteroatoms. The van der Waals surface area contributed by atoms with E-state index in [9.17, 15) is 14.9 Å². The van der Waals surface area contributed by atoms with Gasteiger partial charge in [0.15, 0.2) is 0 Å². The molecule has 9 nitrogen and oxygen atoms in total. The maximum absolute atomic E-state index is 10.3. The van der Waals surface area contributed by atoms with E-state index >= 15 is 0 Å². The Morgan fingerprint density at radius 1 is 0.636 bits per heavy atom. The predicted molar refractivity (Wildman–Crippen MR) is 165 cm³/mol. The van der Waals surface area contributed by atoms with Crippen LogP contribution in [0.3, 0.4) is 0 Å². The summed E-state index contributed by atoms with van der Waals surface area (Å²) in [6.07, 6.45) is 0.451. The highest BCUT2D eigenvalue weighted by Gasteiger charge is 1.94. The van der Waals surface area contributed by atoms with Gasteiger partial charge in [-0.1, -0.05) is 89.1 Å². The maximum atomic E-state index is 10.3. The molecule has 4 N–H and O–H groups in total. The van der Waals surface area contributed by atoms with E-state index in [2.05, 4.69) is 26.0 Å². The molecule has 0 aromatic heterocycles. The molecule has 33 heavy (non-hydrogen) atoms. The van der Waals surface area contributed by atoms with Crippen molar-refractivity contribution < 1.29 is 14.5 Å². The molecular weight excluding hydrogens is 422 g/mol. The van der Waals surface area contributed by atoms with E-state index in [0.29, 0.717) is 19.5 Å². The van der Waals surface area contributed by atoms with Gasteiger partial charge >= 0.3 is 5.97 Å². The van der Waals surface area contributed by atoms with Gasteiger partial charge in [0.25, 0.3) is 0 Å². The van der Waals surface area contributed by atoms with Crippen LogP contribution in [-0.4, -0.2) is 78.9 Å². The van der Waals surface area contributed by atoms with Crippen LogP contribution >= 0.6 is 0 Å². The molecule has 0 amide bonds. The lowest BCUT2D eigenvalue weighted by molar-refractivity contribution is -0.477. The van der Waals surface area contributed by atoms with Gasteiger partial charge in [0, 0.05) is 24.6 Å². The van der Waals surface area contributed by atoms with E-state index in [1.165, 1.54) is 7.11 Å². The zero-order chi connectivity index (χ0) is 16.9. The van der Waals surface area contributed by atoms with Crippen LogP contribution in [0.1, 0.15) is 95.5 Å². The number of rotatable bonds is 9. The molecule has 0 fully saturated rings. The fraction of sp³-hybridized carbons (Fsp3) is 0.958. The summed E-state index contributed by atoms with van der Waals surface area (Å²) >= 11 is 0. The minimum absolute atomic E-state index is 0. The number of nitro groups is 1. The molecule has 0 spiro atoms. The zero-order valence-corrected chi connectivity index (χ0v) is 13.8. The predicted octanol–water partition coefficient (Wildman–Crippen LogP) is 6.31. The summed E-state index contributed by atoms with van der Waals surface area (Å²) in [5.41, 5.74) is 0. The average molecular weight is 502 g/mol. The average Bonchev–Trinajstić information content (AvgIpc) is 2.49. The quantitative estimate of drug-likeness (QED) is 0.126. The minimum atomic E-state index is -0.351. The summed E-state index contributed by atoms with van der Waals surface area (Å²) in [7, 11) is 8.75. The topological polar surface area (TPSA) is 118 Å². The Kier molecular flexibility index (Phi) is 356. The highest BCUT2D eigenvalue weighted by Crippen LogP contribution is 1.78. The van der Waals surface area contributed by atoms with Crippen molar-refractivity contribution in [3.8, 4) is 0 Å². The number of nitrogens with one attached hydrogen (secondary N) is 4. The number of ether oxygens (including phenoxy) is 1. The number of carbonyl (C=O) groups is 1. The number of carbonyl (C=O) groups excluding carboxylic acids is 1. The van der Waals surface area contributed by atoms with Gasteiger partial charge in [0.05, 0.1) is 20.1 Å². The Morgan fingerprint density at radius 2 is 0.909 bits per heavy atom. The molecular formula is C24H79N5O4. The molecule has 0 aliphatic carbocycles. The van der Waals surface area contributed by atoms with Gasteiger partial charge in [-0.05, 0) is 28.2 Å². The van der Waals surface area contributed by atoms with Crippen LogP contribution in [0.15, 0.2) is 0 Å². The first-order valence-corrected chi connectivity index (χ1v) is 6.77. The molecule has 224 valence electrons. The van der Waals surface area contributed by atoms with Crippen molar-refractivity contribution in [2.45, 2.75) is 95.5 Å². The Bertz CT molecular complexity index is 233. The summed E-state index contributed by atoms with van der Waals surface area (Å²) in [6.45, 7) is 3.25. The molecule has 0 aliphatic rings. The minimum Gasteiger partial charge on any atom is -0.469 e. The molecule has 0 aliphatic heterocycles. The van der Waals surface area contributed by atoms with E-state index < -0.39 is 0 Å². The fourth-order valence-corrected chi connectivity index (χ4v) is 0.782. The fourth-order valence-electron chi connectivity index (χ4n) is 0.782. The van der Waals surface area contributed by atoms with E-state index in [1.54, 1.807) is 14.1 Å². The second kappa shape index (κ2) is 110.